The third-order valence-corrected chi connectivity index (χ3v) is 3.06. The maximum absolute atomic E-state index is 8.95. The van der Waals surface area contributed by atoms with Gasteiger partial charge in [0, 0.05) is 0 Å². The number of hydrogen-bond acceptors (Lipinski definition) is 3. The van der Waals surface area contributed by atoms with Crippen molar-refractivity contribution in [2.75, 3.05) is 11.7 Å². The monoisotopic (exact) mass is 235 g/mol. The lowest BCUT2D eigenvalue weighted by Crippen LogP contribution is -1.96. The lowest BCUT2D eigenvalue weighted by Gasteiger charge is -2.07. The summed E-state index contributed by atoms with van der Waals surface area (Å²) in [6.07, 6.45) is 2.42. The van der Waals surface area contributed by atoms with E-state index in [1.807, 2.05) is 25.1 Å². The summed E-state index contributed by atoms with van der Waals surface area (Å²) in [5.74, 6) is 2.43. The van der Waals surface area contributed by atoms with Crippen LogP contribution >= 0.6 is 11.8 Å². The standard InChI is InChI=1S/C13H17NOS/c1-3-4-7-16-10-15-13-6-5-11(2)8-12(13)9-14/h5-6,8H,3-4,7,10H2,1-2H3. The summed E-state index contributed by atoms with van der Waals surface area (Å²) in [7, 11) is 0. The predicted octanol–water partition coefficient (Wildman–Crippen LogP) is 3.74. The number of aryl methyl sites for hydroxylation is 1. The zero-order valence-corrected chi connectivity index (χ0v) is 10.6. The largest absolute Gasteiger partial charge is 0.482 e. The van der Waals surface area contributed by atoms with Crippen LogP contribution in [0.15, 0.2) is 18.2 Å². The van der Waals surface area contributed by atoms with Crippen molar-refractivity contribution in [2.24, 2.45) is 0 Å². The maximum atomic E-state index is 8.95. The first kappa shape index (κ1) is 12.9. The molecule has 0 bridgehead atoms. The van der Waals surface area contributed by atoms with Gasteiger partial charge in [-0.15, -0.1) is 11.8 Å². The van der Waals surface area contributed by atoms with E-state index in [1.165, 1.54) is 12.8 Å². The molecule has 16 heavy (non-hydrogen) atoms. The number of ether oxygens (including phenoxy) is 1. The van der Waals surface area contributed by atoms with Crippen molar-refractivity contribution in [3.8, 4) is 11.8 Å². The van der Waals surface area contributed by atoms with Crippen LogP contribution in [0.3, 0.4) is 0 Å². The molecule has 0 aliphatic rings. The van der Waals surface area contributed by atoms with Crippen LogP contribution in [-0.2, 0) is 0 Å². The van der Waals surface area contributed by atoms with E-state index in [9.17, 15) is 0 Å². The normalized spacial score (nSPS) is 9.81. The molecule has 3 heteroatoms. The van der Waals surface area contributed by atoms with Gasteiger partial charge in [-0.05, 0) is 36.8 Å². The molecule has 86 valence electrons. The molecule has 0 heterocycles. The van der Waals surface area contributed by atoms with Crippen molar-refractivity contribution in [2.45, 2.75) is 26.7 Å². The van der Waals surface area contributed by atoms with Crippen molar-refractivity contribution in [3.63, 3.8) is 0 Å². The van der Waals surface area contributed by atoms with Crippen molar-refractivity contribution >= 4 is 11.8 Å². The Hall–Kier alpha value is -1.14. The molecule has 1 rings (SSSR count). The Kier molecular flexibility index (Phi) is 5.81. The second-order valence-corrected chi connectivity index (χ2v) is 4.69. The fraction of sp³-hybridized carbons (Fsp3) is 0.462. The van der Waals surface area contributed by atoms with Crippen molar-refractivity contribution < 1.29 is 4.74 Å². The summed E-state index contributed by atoms with van der Waals surface area (Å²) in [6.45, 7) is 4.15. The van der Waals surface area contributed by atoms with Gasteiger partial charge in [-0.3, -0.25) is 0 Å². The summed E-state index contributed by atoms with van der Waals surface area (Å²) in [5.41, 5.74) is 1.71. The van der Waals surface area contributed by atoms with Crippen molar-refractivity contribution in [1.82, 2.24) is 0 Å². The maximum Gasteiger partial charge on any atom is 0.138 e. The van der Waals surface area contributed by atoms with Crippen LogP contribution in [0.2, 0.25) is 0 Å². The summed E-state index contributed by atoms with van der Waals surface area (Å²) < 4.78 is 5.57. The number of thioether (sulfide) groups is 1. The molecule has 0 fully saturated rings. The van der Waals surface area contributed by atoms with Crippen LogP contribution < -0.4 is 4.74 Å². The summed E-state index contributed by atoms with van der Waals surface area (Å²) in [4.78, 5) is 0. The van der Waals surface area contributed by atoms with E-state index in [0.717, 1.165) is 11.3 Å². The molecule has 2 nitrogen and oxygen atoms in total. The second kappa shape index (κ2) is 7.19. The average molecular weight is 235 g/mol. The van der Waals surface area contributed by atoms with Gasteiger partial charge in [0.1, 0.15) is 17.8 Å². The first-order valence-corrected chi connectivity index (χ1v) is 6.64. The van der Waals surface area contributed by atoms with Crippen molar-refractivity contribution in [3.05, 3.63) is 29.3 Å². The highest BCUT2D eigenvalue weighted by molar-refractivity contribution is 7.99. The van der Waals surface area contributed by atoms with E-state index in [4.69, 9.17) is 10.00 Å². The first-order chi connectivity index (χ1) is 7.77. The number of nitrogens with zero attached hydrogens (tertiary/aromatic N) is 1. The van der Waals surface area contributed by atoms with Gasteiger partial charge in [0.05, 0.1) is 5.56 Å². The van der Waals surface area contributed by atoms with E-state index in [1.54, 1.807) is 11.8 Å². The minimum atomic E-state index is 0.621. The van der Waals surface area contributed by atoms with E-state index in [2.05, 4.69) is 13.0 Å². The third-order valence-electron chi connectivity index (χ3n) is 2.20. The quantitative estimate of drug-likeness (QED) is 0.556. The molecule has 0 aromatic heterocycles. The van der Waals surface area contributed by atoms with Gasteiger partial charge >= 0.3 is 0 Å². The number of unbranched alkanes of at least 4 members (excludes halogenated alkanes) is 1. The Morgan fingerprint density at radius 3 is 2.94 bits per heavy atom. The van der Waals surface area contributed by atoms with Crippen molar-refractivity contribution in [1.29, 1.82) is 5.26 Å². The molecule has 0 N–H and O–H groups in total. The molecule has 0 aliphatic heterocycles. The number of nitriles is 1. The molecular formula is C13H17NOS. The zero-order chi connectivity index (χ0) is 11.8. The Balaban J connectivity index is 2.45. The Bertz CT molecular complexity index is 371. The fourth-order valence-corrected chi connectivity index (χ4v) is 2.09. The molecule has 1 aromatic rings. The van der Waals surface area contributed by atoms with Crippen LogP contribution in [0.1, 0.15) is 30.9 Å². The first-order valence-electron chi connectivity index (χ1n) is 5.49. The molecule has 0 saturated heterocycles. The predicted molar refractivity (Wildman–Crippen MR) is 68.8 cm³/mol. The van der Waals surface area contributed by atoms with E-state index in [0.29, 0.717) is 17.3 Å². The molecule has 0 aliphatic carbocycles. The van der Waals surface area contributed by atoms with Crippen LogP contribution in [0.5, 0.6) is 5.75 Å². The van der Waals surface area contributed by atoms with Gasteiger partial charge in [-0.2, -0.15) is 5.26 Å². The molecule has 1 aromatic carbocycles. The summed E-state index contributed by atoms with van der Waals surface area (Å²) in [5, 5.41) is 8.95. The smallest absolute Gasteiger partial charge is 0.138 e. The van der Waals surface area contributed by atoms with Gasteiger partial charge in [-0.1, -0.05) is 19.4 Å². The van der Waals surface area contributed by atoms with Crippen LogP contribution in [0.4, 0.5) is 0 Å². The molecule has 0 atom stereocenters. The molecule has 0 radical (unpaired) electrons. The van der Waals surface area contributed by atoms with Crippen LogP contribution in [0, 0.1) is 18.3 Å². The summed E-state index contributed by atoms with van der Waals surface area (Å²) in [6, 6.07) is 7.84. The molecule has 0 spiro atoms. The number of benzene rings is 1. The Labute approximate surface area is 102 Å². The van der Waals surface area contributed by atoms with Gasteiger partial charge < -0.3 is 4.74 Å². The topological polar surface area (TPSA) is 33.0 Å². The van der Waals surface area contributed by atoms with Gasteiger partial charge in [-0.25, -0.2) is 0 Å². The SMILES string of the molecule is CCCCSCOc1ccc(C)cc1C#N. The second-order valence-electron chi connectivity index (χ2n) is 3.64. The van der Waals surface area contributed by atoms with Crippen LogP contribution in [0.25, 0.3) is 0 Å². The van der Waals surface area contributed by atoms with E-state index < -0.39 is 0 Å². The minimum Gasteiger partial charge on any atom is -0.482 e. The lowest BCUT2D eigenvalue weighted by molar-refractivity contribution is 0.391. The van der Waals surface area contributed by atoms with E-state index >= 15 is 0 Å². The van der Waals surface area contributed by atoms with Gasteiger partial charge in [0.25, 0.3) is 0 Å². The highest BCUT2D eigenvalue weighted by Gasteiger charge is 2.02. The van der Waals surface area contributed by atoms with Gasteiger partial charge in [0.15, 0.2) is 0 Å². The minimum absolute atomic E-state index is 0.621. The number of hydrogen-bond donors (Lipinski definition) is 0. The zero-order valence-electron chi connectivity index (χ0n) is 9.82. The molecule has 0 unspecified atom stereocenters. The average Bonchev–Trinajstić information content (AvgIpc) is 2.30. The Morgan fingerprint density at radius 1 is 1.44 bits per heavy atom. The highest BCUT2D eigenvalue weighted by Crippen LogP contribution is 2.20. The molecular weight excluding hydrogens is 218 g/mol. The molecule has 0 saturated carbocycles. The fourth-order valence-electron chi connectivity index (χ4n) is 1.27. The van der Waals surface area contributed by atoms with E-state index in [-0.39, 0.29) is 0 Å². The lowest BCUT2D eigenvalue weighted by atomic mass is 10.1. The highest BCUT2D eigenvalue weighted by atomic mass is 32.2. The number of rotatable bonds is 6. The molecule has 0 amide bonds. The third kappa shape index (κ3) is 4.16. The summed E-state index contributed by atoms with van der Waals surface area (Å²) >= 11 is 1.76. The Morgan fingerprint density at radius 2 is 2.25 bits per heavy atom. The van der Waals surface area contributed by atoms with Crippen LogP contribution in [-0.4, -0.2) is 11.7 Å². The van der Waals surface area contributed by atoms with Gasteiger partial charge in [0.2, 0.25) is 0 Å².